The Balaban J connectivity index is 2.02. The Kier molecular flexibility index (Phi) is 3.32. The number of ether oxygens (including phenoxy) is 1. The van der Waals surface area contributed by atoms with Crippen LogP contribution in [-0.4, -0.2) is 22.2 Å². The molecule has 0 radical (unpaired) electrons. The molecule has 5 heteroatoms. The molecule has 1 aromatic heterocycles. The van der Waals surface area contributed by atoms with Gasteiger partial charge in [0, 0.05) is 0 Å². The number of carboxylic acid groups (broad SMARTS) is 1. The van der Waals surface area contributed by atoms with E-state index < -0.39 is 5.97 Å². The number of carboxylic acids is 1. The van der Waals surface area contributed by atoms with Gasteiger partial charge in [-0.15, -0.1) is 0 Å². The monoisotopic (exact) mass is 253 g/mol. The first kappa shape index (κ1) is 12.9. The zero-order valence-corrected chi connectivity index (χ0v) is 11.0. The van der Waals surface area contributed by atoms with Gasteiger partial charge in [0.25, 0.3) is 0 Å². The molecule has 1 fully saturated rings. The van der Waals surface area contributed by atoms with Crippen molar-refractivity contribution in [1.82, 2.24) is 4.98 Å². The summed E-state index contributed by atoms with van der Waals surface area (Å²) in [5.74, 6) is -0.515. The topological polar surface area (TPSA) is 72.6 Å². The zero-order chi connectivity index (χ0) is 13.3. The first-order valence-electron chi connectivity index (χ1n) is 6.21. The predicted octanol–water partition coefficient (Wildman–Crippen LogP) is 2.97. The first-order valence-corrected chi connectivity index (χ1v) is 6.21. The number of rotatable bonds is 3. The minimum Gasteiger partial charge on any atom is -0.476 e. The molecule has 100 valence electrons. The summed E-state index contributed by atoms with van der Waals surface area (Å²) in [6.45, 7) is 6.64. The van der Waals surface area contributed by atoms with Crippen molar-refractivity contribution in [3.8, 4) is 6.08 Å². The van der Waals surface area contributed by atoms with E-state index in [0.717, 1.165) is 19.1 Å². The lowest BCUT2D eigenvalue weighted by molar-refractivity contribution is 0.0364. The van der Waals surface area contributed by atoms with Crippen molar-refractivity contribution in [1.29, 1.82) is 0 Å². The molecule has 1 saturated carbocycles. The van der Waals surface area contributed by atoms with E-state index in [-0.39, 0.29) is 23.3 Å². The summed E-state index contributed by atoms with van der Waals surface area (Å²) in [7, 11) is 0. The molecule has 0 saturated heterocycles. The second-order valence-corrected chi connectivity index (χ2v) is 5.96. The highest BCUT2D eigenvalue weighted by Crippen LogP contribution is 2.39. The van der Waals surface area contributed by atoms with Gasteiger partial charge in [-0.2, -0.15) is 4.98 Å². The van der Waals surface area contributed by atoms with Crippen molar-refractivity contribution in [2.45, 2.75) is 46.1 Å². The van der Waals surface area contributed by atoms with Gasteiger partial charge in [-0.1, -0.05) is 20.8 Å². The molecule has 1 aromatic rings. The van der Waals surface area contributed by atoms with E-state index in [1.807, 2.05) is 0 Å². The van der Waals surface area contributed by atoms with E-state index in [4.69, 9.17) is 14.3 Å². The largest absolute Gasteiger partial charge is 0.476 e. The Labute approximate surface area is 106 Å². The van der Waals surface area contributed by atoms with Crippen molar-refractivity contribution in [2.75, 3.05) is 0 Å². The minimum absolute atomic E-state index is 0.0454. The number of oxazole rings is 1. The van der Waals surface area contributed by atoms with E-state index in [0.29, 0.717) is 5.92 Å². The molecule has 0 bridgehead atoms. The Morgan fingerprint density at radius 2 is 2.28 bits per heavy atom. The van der Waals surface area contributed by atoms with Gasteiger partial charge in [-0.3, -0.25) is 0 Å². The van der Waals surface area contributed by atoms with Gasteiger partial charge in [0.1, 0.15) is 12.4 Å². The molecule has 1 aliphatic rings. The Morgan fingerprint density at radius 1 is 1.56 bits per heavy atom. The van der Waals surface area contributed by atoms with Crippen molar-refractivity contribution < 1.29 is 19.1 Å². The Morgan fingerprint density at radius 3 is 2.83 bits per heavy atom. The molecule has 0 spiro atoms. The average molecular weight is 253 g/mol. The lowest BCUT2D eigenvalue weighted by Crippen LogP contribution is -2.34. The molecule has 0 aliphatic heterocycles. The fourth-order valence-corrected chi connectivity index (χ4v) is 2.90. The molecule has 1 aliphatic carbocycles. The third kappa shape index (κ3) is 3.03. The maximum atomic E-state index is 10.7. The van der Waals surface area contributed by atoms with Gasteiger partial charge in [0.05, 0.1) is 0 Å². The van der Waals surface area contributed by atoms with E-state index in [2.05, 4.69) is 25.8 Å². The van der Waals surface area contributed by atoms with Crippen LogP contribution in [0.3, 0.4) is 0 Å². The molecular formula is C13H19NO4. The number of nitrogens with zero attached hydrogens (tertiary/aromatic N) is 1. The third-order valence-corrected chi connectivity index (χ3v) is 3.32. The minimum atomic E-state index is -1.11. The van der Waals surface area contributed by atoms with Crippen LogP contribution in [-0.2, 0) is 0 Å². The van der Waals surface area contributed by atoms with Crippen molar-refractivity contribution >= 4 is 5.97 Å². The Hall–Kier alpha value is -1.52. The second kappa shape index (κ2) is 4.63. The number of aromatic nitrogens is 1. The van der Waals surface area contributed by atoms with Crippen LogP contribution in [0.15, 0.2) is 10.7 Å². The van der Waals surface area contributed by atoms with Crippen LogP contribution in [0.1, 0.15) is 50.5 Å². The van der Waals surface area contributed by atoms with E-state index in [1.54, 1.807) is 0 Å². The standard InChI is InChI=1S/C13H19NO4/c1-8-4-9(6-13(2,3)5-8)18-12-14-10(7-17-12)11(15)16/h7-9H,4-6H2,1-3H3,(H,15,16). The smallest absolute Gasteiger partial charge is 0.394 e. The summed E-state index contributed by atoms with van der Waals surface area (Å²) in [4.78, 5) is 14.5. The molecule has 2 rings (SSSR count). The average Bonchev–Trinajstić information content (AvgIpc) is 2.62. The summed E-state index contributed by atoms with van der Waals surface area (Å²) in [6, 6.07) is 0. The van der Waals surface area contributed by atoms with E-state index in [9.17, 15) is 4.79 Å². The quantitative estimate of drug-likeness (QED) is 0.896. The molecule has 0 amide bonds. The van der Waals surface area contributed by atoms with Gasteiger partial charge in [-0.05, 0) is 30.6 Å². The third-order valence-electron chi connectivity index (χ3n) is 3.32. The summed E-state index contributed by atoms with van der Waals surface area (Å²) in [5, 5.41) is 8.75. The molecule has 1 heterocycles. The highest BCUT2D eigenvalue weighted by Gasteiger charge is 2.33. The number of carbonyl (C=O) groups is 1. The summed E-state index contributed by atoms with van der Waals surface area (Å²) in [5.41, 5.74) is 0.123. The SMILES string of the molecule is CC1CC(Oc2nc(C(=O)O)co2)CC(C)(C)C1. The van der Waals surface area contributed by atoms with Gasteiger partial charge in [-0.25, -0.2) is 4.79 Å². The Bertz CT molecular complexity index is 438. The summed E-state index contributed by atoms with van der Waals surface area (Å²) in [6.07, 6.45) is 4.27. The van der Waals surface area contributed by atoms with Crippen molar-refractivity contribution in [3.63, 3.8) is 0 Å². The highest BCUT2D eigenvalue weighted by molar-refractivity contribution is 5.84. The normalized spacial score (nSPS) is 26.8. The molecule has 0 aromatic carbocycles. The van der Waals surface area contributed by atoms with Crippen LogP contribution in [0.2, 0.25) is 0 Å². The molecule has 5 nitrogen and oxygen atoms in total. The van der Waals surface area contributed by atoms with Gasteiger partial charge < -0.3 is 14.3 Å². The second-order valence-electron chi connectivity index (χ2n) is 5.96. The van der Waals surface area contributed by atoms with Gasteiger partial charge >= 0.3 is 12.0 Å². The number of aromatic carboxylic acids is 1. The molecule has 2 atom stereocenters. The lowest BCUT2D eigenvalue weighted by Gasteiger charge is -2.38. The first-order chi connectivity index (χ1) is 8.35. The van der Waals surface area contributed by atoms with Crippen molar-refractivity contribution in [2.24, 2.45) is 11.3 Å². The number of hydrogen-bond donors (Lipinski definition) is 1. The van der Waals surface area contributed by atoms with Crippen LogP contribution in [0, 0.1) is 11.3 Å². The summed E-state index contributed by atoms with van der Waals surface area (Å²) >= 11 is 0. The van der Waals surface area contributed by atoms with Crippen LogP contribution >= 0.6 is 0 Å². The molecular weight excluding hydrogens is 234 g/mol. The summed E-state index contributed by atoms with van der Waals surface area (Å²) < 4.78 is 10.7. The fourth-order valence-electron chi connectivity index (χ4n) is 2.90. The number of hydrogen-bond acceptors (Lipinski definition) is 4. The van der Waals surface area contributed by atoms with Crippen molar-refractivity contribution in [3.05, 3.63) is 12.0 Å². The molecule has 1 N–H and O–H groups in total. The van der Waals surface area contributed by atoms with Crippen LogP contribution in [0.5, 0.6) is 6.08 Å². The highest BCUT2D eigenvalue weighted by atomic mass is 16.6. The predicted molar refractivity (Wildman–Crippen MR) is 64.7 cm³/mol. The fraction of sp³-hybridized carbons (Fsp3) is 0.692. The van der Waals surface area contributed by atoms with Gasteiger partial charge in [0.2, 0.25) is 0 Å². The van der Waals surface area contributed by atoms with Gasteiger partial charge in [0.15, 0.2) is 5.69 Å². The van der Waals surface area contributed by atoms with Crippen LogP contribution < -0.4 is 4.74 Å². The lowest BCUT2D eigenvalue weighted by atomic mass is 9.71. The molecule has 2 unspecified atom stereocenters. The maximum Gasteiger partial charge on any atom is 0.394 e. The van der Waals surface area contributed by atoms with Crippen LogP contribution in [0.25, 0.3) is 0 Å². The van der Waals surface area contributed by atoms with Crippen LogP contribution in [0.4, 0.5) is 0 Å². The molecule has 18 heavy (non-hydrogen) atoms. The maximum absolute atomic E-state index is 10.7. The zero-order valence-electron chi connectivity index (χ0n) is 11.0. The van der Waals surface area contributed by atoms with E-state index in [1.165, 1.54) is 6.42 Å². The van der Waals surface area contributed by atoms with E-state index >= 15 is 0 Å².